The highest BCUT2D eigenvalue weighted by molar-refractivity contribution is 5.78. The minimum absolute atomic E-state index is 0.0175. The Bertz CT molecular complexity index is 740. The van der Waals surface area contributed by atoms with Crippen LogP contribution in [0.2, 0.25) is 0 Å². The summed E-state index contributed by atoms with van der Waals surface area (Å²) in [6.45, 7) is 9.20. The van der Waals surface area contributed by atoms with Crippen LogP contribution < -0.4 is 10.6 Å². The minimum Gasteiger partial charge on any atom is -0.465 e. The van der Waals surface area contributed by atoms with Crippen molar-refractivity contribution in [2.75, 3.05) is 5.32 Å². The van der Waals surface area contributed by atoms with Gasteiger partial charge >= 0.3 is 0 Å². The van der Waals surface area contributed by atoms with E-state index in [0.29, 0.717) is 6.42 Å². The fourth-order valence-electron chi connectivity index (χ4n) is 2.99. The predicted molar refractivity (Wildman–Crippen MR) is 96.0 cm³/mol. The predicted octanol–water partition coefficient (Wildman–Crippen LogP) is 4.45. The number of benzene rings is 1. The van der Waals surface area contributed by atoms with Gasteiger partial charge in [-0.15, -0.1) is 0 Å². The van der Waals surface area contributed by atoms with Gasteiger partial charge in [-0.1, -0.05) is 32.9 Å². The molecule has 2 N–H and O–H groups in total. The van der Waals surface area contributed by atoms with Crippen molar-refractivity contribution >= 4 is 11.6 Å². The molecular weight excluding hydrogens is 300 g/mol. The summed E-state index contributed by atoms with van der Waals surface area (Å²) >= 11 is 0. The average molecular weight is 326 g/mol. The highest BCUT2D eigenvalue weighted by Gasteiger charge is 2.22. The molecule has 24 heavy (non-hydrogen) atoms. The number of carbonyl (C=O) groups excluding carboxylic acids is 1. The molecule has 3 rings (SSSR count). The maximum Gasteiger partial charge on any atom is 0.220 e. The Morgan fingerprint density at radius 3 is 2.71 bits per heavy atom. The van der Waals surface area contributed by atoms with Gasteiger partial charge in [0.15, 0.2) is 0 Å². The minimum atomic E-state index is 0.0175. The molecule has 0 saturated carbocycles. The number of anilines is 1. The van der Waals surface area contributed by atoms with Crippen LogP contribution in [0, 0.1) is 6.92 Å². The van der Waals surface area contributed by atoms with E-state index in [0.717, 1.165) is 35.7 Å². The number of amides is 1. The van der Waals surface area contributed by atoms with Gasteiger partial charge < -0.3 is 15.1 Å². The molecule has 4 nitrogen and oxygen atoms in total. The summed E-state index contributed by atoms with van der Waals surface area (Å²) in [5.41, 5.74) is 3.42. The van der Waals surface area contributed by atoms with E-state index in [4.69, 9.17) is 4.42 Å². The molecule has 128 valence electrons. The van der Waals surface area contributed by atoms with Crippen LogP contribution in [0.15, 0.2) is 34.7 Å². The zero-order valence-corrected chi connectivity index (χ0v) is 14.9. The lowest BCUT2D eigenvalue weighted by Gasteiger charge is -2.14. The first kappa shape index (κ1) is 16.6. The summed E-state index contributed by atoms with van der Waals surface area (Å²) in [6, 6.07) is 10.6. The molecule has 4 heteroatoms. The molecule has 0 aliphatic carbocycles. The van der Waals surface area contributed by atoms with E-state index in [1.54, 1.807) is 0 Å². The summed E-state index contributed by atoms with van der Waals surface area (Å²) in [4.78, 5) is 11.4. The summed E-state index contributed by atoms with van der Waals surface area (Å²) < 4.78 is 5.90. The van der Waals surface area contributed by atoms with E-state index in [9.17, 15) is 4.79 Å². The largest absolute Gasteiger partial charge is 0.465 e. The third-order valence-electron chi connectivity index (χ3n) is 4.53. The van der Waals surface area contributed by atoms with Gasteiger partial charge in [0.2, 0.25) is 5.91 Å². The fourth-order valence-corrected chi connectivity index (χ4v) is 2.99. The molecule has 1 aromatic heterocycles. The van der Waals surface area contributed by atoms with Gasteiger partial charge in [0.25, 0.3) is 0 Å². The van der Waals surface area contributed by atoms with Crippen molar-refractivity contribution in [3.05, 3.63) is 53.0 Å². The Morgan fingerprint density at radius 2 is 2.08 bits per heavy atom. The molecule has 2 heterocycles. The van der Waals surface area contributed by atoms with Crippen molar-refractivity contribution in [2.45, 2.75) is 58.5 Å². The third-order valence-corrected chi connectivity index (χ3v) is 4.53. The van der Waals surface area contributed by atoms with Crippen LogP contribution in [0.1, 0.15) is 62.3 Å². The van der Waals surface area contributed by atoms with E-state index in [-0.39, 0.29) is 17.4 Å². The van der Waals surface area contributed by atoms with Gasteiger partial charge in [-0.25, -0.2) is 0 Å². The van der Waals surface area contributed by atoms with E-state index in [1.807, 2.05) is 13.0 Å². The molecule has 0 bridgehead atoms. The van der Waals surface area contributed by atoms with Crippen molar-refractivity contribution < 1.29 is 9.21 Å². The van der Waals surface area contributed by atoms with Crippen LogP contribution in [0.4, 0.5) is 5.69 Å². The summed E-state index contributed by atoms with van der Waals surface area (Å²) in [5, 5.41) is 6.49. The van der Waals surface area contributed by atoms with E-state index >= 15 is 0 Å². The number of nitrogens with one attached hydrogen (secondary N) is 2. The topological polar surface area (TPSA) is 54.3 Å². The first-order valence-electron chi connectivity index (χ1n) is 8.56. The van der Waals surface area contributed by atoms with Gasteiger partial charge in [-0.05, 0) is 37.1 Å². The molecular formula is C20H26N2O2. The Balaban J connectivity index is 1.69. The molecule has 1 aliphatic rings. The Hall–Kier alpha value is -2.23. The van der Waals surface area contributed by atoms with Crippen molar-refractivity contribution in [3.8, 4) is 0 Å². The van der Waals surface area contributed by atoms with Crippen molar-refractivity contribution in [2.24, 2.45) is 0 Å². The second-order valence-corrected chi connectivity index (χ2v) is 7.58. The lowest BCUT2D eigenvalue weighted by molar-refractivity contribution is -0.119. The van der Waals surface area contributed by atoms with Gasteiger partial charge in [-0.2, -0.15) is 0 Å². The van der Waals surface area contributed by atoms with E-state index in [1.165, 1.54) is 5.56 Å². The Kier molecular flexibility index (Phi) is 4.39. The molecule has 1 saturated heterocycles. The van der Waals surface area contributed by atoms with Crippen LogP contribution >= 0.6 is 0 Å². The quantitative estimate of drug-likeness (QED) is 0.873. The van der Waals surface area contributed by atoms with Crippen LogP contribution in [0.25, 0.3) is 0 Å². The number of furan rings is 1. The summed E-state index contributed by atoms with van der Waals surface area (Å²) in [7, 11) is 0. The first-order valence-corrected chi connectivity index (χ1v) is 8.56. The van der Waals surface area contributed by atoms with Crippen LogP contribution in [-0.2, 0) is 16.8 Å². The first-order chi connectivity index (χ1) is 11.3. The molecule has 1 amide bonds. The maximum atomic E-state index is 11.4. The van der Waals surface area contributed by atoms with Crippen LogP contribution in [-0.4, -0.2) is 5.91 Å². The number of hydrogen-bond donors (Lipinski definition) is 2. The molecule has 1 fully saturated rings. The molecule has 1 atom stereocenters. The number of hydrogen-bond acceptors (Lipinski definition) is 3. The molecule has 1 unspecified atom stereocenters. The highest BCUT2D eigenvalue weighted by atomic mass is 16.3. The summed E-state index contributed by atoms with van der Waals surface area (Å²) in [5.74, 6) is 2.12. The van der Waals surface area contributed by atoms with E-state index < -0.39 is 0 Å². The lowest BCUT2D eigenvalue weighted by Crippen LogP contribution is -2.18. The molecule has 0 radical (unpaired) electrons. The molecule has 2 aromatic rings. The highest BCUT2D eigenvalue weighted by Crippen LogP contribution is 2.28. The number of rotatable bonds is 4. The van der Waals surface area contributed by atoms with Crippen LogP contribution in [0.3, 0.4) is 0 Å². The molecule has 1 aromatic carbocycles. The lowest BCUT2D eigenvalue weighted by atomic mass is 9.93. The number of carbonyl (C=O) groups is 1. The Labute approximate surface area is 143 Å². The fraction of sp³-hybridized carbons (Fsp3) is 0.450. The average Bonchev–Trinajstić information content (AvgIpc) is 3.11. The SMILES string of the molecule is Cc1oc(C(C)(C)C)cc1CNc1cccc(C2CCC(=O)N2)c1. The van der Waals surface area contributed by atoms with Gasteiger partial charge in [0.05, 0.1) is 6.04 Å². The third kappa shape index (κ3) is 3.64. The standard InChI is InChI=1S/C20H26N2O2/c1-13-15(11-18(24-13)20(2,3)4)12-21-16-7-5-6-14(10-16)17-8-9-19(23)22-17/h5-7,10-11,17,21H,8-9,12H2,1-4H3,(H,22,23). The van der Waals surface area contributed by atoms with Crippen molar-refractivity contribution in [1.82, 2.24) is 5.32 Å². The second-order valence-electron chi connectivity index (χ2n) is 7.58. The smallest absolute Gasteiger partial charge is 0.220 e. The number of aryl methyl sites for hydroxylation is 1. The zero-order chi connectivity index (χ0) is 17.3. The Morgan fingerprint density at radius 1 is 1.29 bits per heavy atom. The molecule has 1 aliphatic heterocycles. The molecule has 0 spiro atoms. The van der Waals surface area contributed by atoms with Crippen LogP contribution in [0.5, 0.6) is 0 Å². The van der Waals surface area contributed by atoms with Gasteiger partial charge in [-0.3, -0.25) is 4.79 Å². The van der Waals surface area contributed by atoms with E-state index in [2.05, 4.69) is 55.7 Å². The maximum absolute atomic E-state index is 11.4. The zero-order valence-electron chi connectivity index (χ0n) is 14.9. The van der Waals surface area contributed by atoms with Gasteiger partial charge in [0.1, 0.15) is 11.5 Å². The normalized spacial score (nSPS) is 17.8. The second kappa shape index (κ2) is 6.34. The summed E-state index contributed by atoms with van der Waals surface area (Å²) in [6.07, 6.45) is 1.49. The van der Waals surface area contributed by atoms with Gasteiger partial charge in [0, 0.05) is 29.6 Å². The monoisotopic (exact) mass is 326 g/mol. The van der Waals surface area contributed by atoms with Crippen molar-refractivity contribution in [1.29, 1.82) is 0 Å². The van der Waals surface area contributed by atoms with Crippen molar-refractivity contribution in [3.63, 3.8) is 0 Å².